The van der Waals surface area contributed by atoms with E-state index in [4.69, 9.17) is 5.73 Å². The van der Waals surface area contributed by atoms with E-state index in [1.165, 1.54) is 31.7 Å². The number of benzene rings is 1. The van der Waals surface area contributed by atoms with Crippen molar-refractivity contribution in [3.63, 3.8) is 0 Å². The Bertz CT molecular complexity index is 436. The first-order valence-corrected chi connectivity index (χ1v) is 6.97. The Labute approximate surface area is 108 Å². The summed E-state index contributed by atoms with van der Waals surface area (Å²) in [7, 11) is 0. The molecule has 1 aromatic rings. The molecule has 2 aliphatic rings. The lowest BCUT2D eigenvalue weighted by molar-refractivity contribution is 0.589. The Morgan fingerprint density at radius 1 is 1.33 bits per heavy atom. The molecule has 3 heteroatoms. The van der Waals surface area contributed by atoms with Gasteiger partial charge >= 0.3 is 0 Å². The standard InChI is InChI=1S/C15H21FN2/c1-10(17)15-13(16)3-2-4-14(15)18(12-7-8-12)9-11-5-6-11/h2-4,10-12H,5-9,17H2,1H3/t10-/m1/s1. The van der Waals surface area contributed by atoms with Crippen LogP contribution in [0.3, 0.4) is 0 Å². The smallest absolute Gasteiger partial charge is 0.130 e. The number of hydrogen-bond donors (Lipinski definition) is 1. The summed E-state index contributed by atoms with van der Waals surface area (Å²) in [6, 6.07) is 5.72. The first-order valence-electron chi connectivity index (χ1n) is 6.97. The van der Waals surface area contributed by atoms with Crippen molar-refractivity contribution in [3.05, 3.63) is 29.6 Å². The van der Waals surface area contributed by atoms with E-state index in [0.717, 1.165) is 18.2 Å². The van der Waals surface area contributed by atoms with Crippen LogP contribution in [0.5, 0.6) is 0 Å². The Morgan fingerprint density at radius 3 is 2.61 bits per heavy atom. The van der Waals surface area contributed by atoms with E-state index in [9.17, 15) is 4.39 Å². The van der Waals surface area contributed by atoms with Gasteiger partial charge in [0.05, 0.1) is 0 Å². The first-order chi connectivity index (χ1) is 8.66. The highest BCUT2D eigenvalue weighted by Crippen LogP contribution is 2.40. The van der Waals surface area contributed by atoms with Crippen LogP contribution in [-0.4, -0.2) is 12.6 Å². The number of rotatable bonds is 5. The average molecular weight is 248 g/mol. The second kappa shape index (κ2) is 4.54. The minimum Gasteiger partial charge on any atom is -0.368 e. The van der Waals surface area contributed by atoms with Crippen LogP contribution in [0.25, 0.3) is 0 Å². The van der Waals surface area contributed by atoms with E-state index in [2.05, 4.69) is 4.90 Å². The minimum absolute atomic E-state index is 0.163. The molecule has 0 aliphatic heterocycles. The van der Waals surface area contributed by atoms with Crippen molar-refractivity contribution in [2.75, 3.05) is 11.4 Å². The SMILES string of the molecule is C[C@@H](N)c1c(F)cccc1N(CC1CC1)C1CC1. The van der Waals surface area contributed by atoms with Gasteiger partial charge in [0.2, 0.25) is 0 Å². The summed E-state index contributed by atoms with van der Waals surface area (Å²) >= 11 is 0. The van der Waals surface area contributed by atoms with Gasteiger partial charge in [0.15, 0.2) is 0 Å². The van der Waals surface area contributed by atoms with Crippen molar-refractivity contribution in [2.45, 2.75) is 44.7 Å². The van der Waals surface area contributed by atoms with Crippen LogP contribution in [0.15, 0.2) is 18.2 Å². The highest BCUT2D eigenvalue weighted by atomic mass is 19.1. The maximum Gasteiger partial charge on any atom is 0.130 e. The zero-order valence-electron chi connectivity index (χ0n) is 10.9. The summed E-state index contributed by atoms with van der Waals surface area (Å²) in [6.45, 7) is 2.94. The van der Waals surface area contributed by atoms with Gasteiger partial charge in [-0.3, -0.25) is 0 Å². The van der Waals surface area contributed by atoms with Crippen molar-refractivity contribution in [1.82, 2.24) is 0 Å². The highest BCUT2D eigenvalue weighted by molar-refractivity contribution is 5.57. The Morgan fingerprint density at radius 2 is 2.06 bits per heavy atom. The predicted octanol–water partition coefficient (Wildman–Crippen LogP) is 3.22. The molecule has 0 saturated heterocycles. The Hall–Kier alpha value is -1.09. The van der Waals surface area contributed by atoms with Crippen molar-refractivity contribution in [2.24, 2.45) is 11.7 Å². The molecule has 0 unspecified atom stereocenters. The second-order valence-electron chi connectivity index (χ2n) is 5.79. The first kappa shape index (κ1) is 12.0. The van der Waals surface area contributed by atoms with Crippen LogP contribution in [0.4, 0.5) is 10.1 Å². The lowest BCUT2D eigenvalue weighted by atomic mass is 10.0. The van der Waals surface area contributed by atoms with Gasteiger partial charge in [-0.05, 0) is 50.7 Å². The molecule has 0 amide bonds. The van der Waals surface area contributed by atoms with E-state index in [1.807, 2.05) is 13.0 Å². The summed E-state index contributed by atoms with van der Waals surface area (Å²) in [5, 5.41) is 0. The largest absolute Gasteiger partial charge is 0.368 e. The molecular formula is C15H21FN2. The van der Waals surface area contributed by atoms with Gasteiger partial charge in [0.25, 0.3) is 0 Å². The molecule has 1 aromatic carbocycles. The zero-order chi connectivity index (χ0) is 12.7. The molecule has 2 fully saturated rings. The predicted molar refractivity (Wildman–Crippen MR) is 72.1 cm³/mol. The van der Waals surface area contributed by atoms with E-state index in [0.29, 0.717) is 11.6 Å². The highest BCUT2D eigenvalue weighted by Gasteiger charge is 2.35. The normalized spacial score (nSPS) is 20.8. The molecule has 0 heterocycles. The van der Waals surface area contributed by atoms with Crippen molar-refractivity contribution >= 4 is 5.69 Å². The van der Waals surface area contributed by atoms with E-state index in [-0.39, 0.29) is 11.9 Å². The average Bonchev–Trinajstić information content (AvgIpc) is 3.17. The van der Waals surface area contributed by atoms with Crippen LogP contribution in [0, 0.1) is 11.7 Å². The maximum absolute atomic E-state index is 14.0. The zero-order valence-corrected chi connectivity index (χ0v) is 10.9. The van der Waals surface area contributed by atoms with E-state index in [1.54, 1.807) is 6.07 Å². The van der Waals surface area contributed by atoms with Crippen LogP contribution in [0.2, 0.25) is 0 Å². The third-order valence-electron chi connectivity index (χ3n) is 3.93. The Kier molecular flexibility index (Phi) is 3.02. The number of hydrogen-bond acceptors (Lipinski definition) is 2. The quantitative estimate of drug-likeness (QED) is 0.867. The van der Waals surface area contributed by atoms with Crippen molar-refractivity contribution in [3.8, 4) is 0 Å². The minimum atomic E-state index is -0.248. The molecule has 3 rings (SSSR count). The molecule has 2 N–H and O–H groups in total. The molecule has 0 aromatic heterocycles. The summed E-state index contributed by atoms with van der Waals surface area (Å²) in [5.74, 6) is 0.652. The fraction of sp³-hybridized carbons (Fsp3) is 0.600. The number of nitrogens with two attached hydrogens (primary N) is 1. The summed E-state index contributed by atoms with van der Waals surface area (Å²) < 4.78 is 14.0. The second-order valence-corrected chi connectivity index (χ2v) is 5.79. The molecule has 18 heavy (non-hydrogen) atoms. The van der Waals surface area contributed by atoms with Gasteiger partial charge < -0.3 is 10.6 Å². The van der Waals surface area contributed by atoms with Crippen molar-refractivity contribution in [1.29, 1.82) is 0 Å². The number of halogens is 1. The van der Waals surface area contributed by atoms with Crippen LogP contribution in [0.1, 0.15) is 44.2 Å². The van der Waals surface area contributed by atoms with Gasteiger partial charge in [-0.1, -0.05) is 6.07 Å². The molecule has 1 atom stereocenters. The summed E-state index contributed by atoms with van der Waals surface area (Å²) in [6.07, 6.45) is 5.13. The van der Waals surface area contributed by atoms with Crippen LogP contribution in [-0.2, 0) is 0 Å². The fourth-order valence-corrected chi connectivity index (χ4v) is 2.64. The molecule has 0 radical (unpaired) electrons. The topological polar surface area (TPSA) is 29.3 Å². The fourth-order valence-electron chi connectivity index (χ4n) is 2.64. The Balaban J connectivity index is 1.94. The molecular weight excluding hydrogens is 227 g/mol. The third-order valence-corrected chi connectivity index (χ3v) is 3.93. The molecule has 0 spiro atoms. The van der Waals surface area contributed by atoms with Gasteiger partial charge in [-0.2, -0.15) is 0 Å². The van der Waals surface area contributed by atoms with Gasteiger partial charge in [-0.25, -0.2) is 4.39 Å². The van der Waals surface area contributed by atoms with E-state index < -0.39 is 0 Å². The lowest BCUT2D eigenvalue weighted by Gasteiger charge is -2.28. The lowest BCUT2D eigenvalue weighted by Crippen LogP contribution is -2.30. The van der Waals surface area contributed by atoms with Crippen molar-refractivity contribution < 1.29 is 4.39 Å². The van der Waals surface area contributed by atoms with Gasteiger partial charge in [-0.15, -0.1) is 0 Å². The molecule has 2 saturated carbocycles. The maximum atomic E-state index is 14.0. The molecule has 98 valence electrons. The molecule has 0 bridgehead atoms. The summed E-state index contributed by atoms with van der Waals surface area (Å²) in [4.78, 5) is 2.40. The van der Waals surface area contributed by atoms with Gasteiger partial charge in [0.1, 0.15) is 5.82 Å². The summed E-state index contributed by atoms with van der Waals surface area (Å²) in [5.41, 5.74) is 7.67. The van der Waals surface area contributed by atoms with E-state index >= 15 is 0 Å². The van der Waals surface area contributed by atoms with Crippen LogP contribution < -0.4 is 10.6 Å². The molecule has 2 aliphatic carbocycles. The molecule has 2 nitrogen and oxygen atoms in total. The van der Waals surface area contributed by atoms with Crippen LogP contribution >= 0.6 is 0 Å². The van der Waals surface area contributed by atoms with Gasteiger partial charge in [0, 0.05) is 29.9 Å². The third kappa shape index (κ3) is 2.37. The number of nitrogens with zero attached hydrogens (tertiary/aromatic N) is 1. The monoisotopic (exact) mass is 248 g/mol. The number of anilines is 1.